The number of quaternary nitrogens is 2. The molecule has 23 heavy (non-hydrogen) atoms. The summed E-state index contributed by atoms with van der Waals surface area (Å²) in [5.41, 5.74) is 1.94. The van der Waals surface area contributed by atoms with Gasteiger partial charge in [0.1, 0.15) is 59.0 Å². The number of ether oxygens (including phenoxy) is 1. The second-order valence-corrected chi connectivity index (χ2v) is 7.31. The molecule has 1 aromatic rings. The summed E-state index contributed by atoms with van der Waals surface area (Å²) >= 11 is 0. The number of nitrogens with zero attached hydrogens (tertiary/aromatic N) is 2. The van der Waals surface area contributed by atoms with Crippen LogP contribution in [0.3, 0.4) is 0 Å². The largest absolute Gasteiger partial charge is 0.456 e. The van der Waals surface area contributed by atoms with E-state index < -0.39 is 0 Å². The van der Waals surface area contributed by atoms with Crippen molar-refractivity contribution in [1.29, 1.82) is 0 Å². The third-order valence-corrected chi connectivity index (χ3v) is 5.65. The maximum absolute atomic E-state index is 11.5. The molecule has 0 spiro atoms. The summed E-state index contributed by atoms with van der Waals surface area (Å²) in [6.07, 6.45) is 0. The topological polar surface area (TPSA) is 26.3 Å². The van der Waals surface area contributed by atoms with Gasteiger partial charge in [0, 0.05) is 11.1 Å². The Hall–Kier alpha value is -1.65. The number of piperazine rings is 3. The van der Waals surface area contributed by atoms with E-state index in [4.69, 9.17) is 4.74 Å². The van der Waals surface area contributed by atoms with Gasteiger partial charge in [-0.25, -0.2) is 4.79 Å². The number of hydrogen-bond acceptors (Lipinski definition) is 2. The molecule has 0 unspecified atom stereocenters. The van der Waals surface area contributed by atoms with Gasteiger partial charge in [-0.3, -0.25) is 0 Å². The van der Waals surface area contributed by atoms with Gasteiger partial charge in [0.15, 0.2) is 0 Å². The summed E-state index contributed by atoms with van der Waals surface area (Å²) in [7, 11) is 0. The molecule has 0 aliphatic carbocycles. The van der Waals surface area contributed by atoms with Gasteiger partial charge < -0.3 is 13.7 Å². The van der Waals surface area contributed by atoms with Gasteiger partial charge in [0.25, 0.3) is 0 Å². The predicted octanol–water partition coefficient (Wildman–Crippen LogP) is 1.97. The highest BCUT2D eigenvalue weighted by atomic mass is 16.5. The van der Waals surface area contributed by atoms with Gasteiger partial charge in [-0.1, -0.05) is 36.9 Å². The summed E-state index contributed by atoms with van der Waals surface area (Å²) in [4.78, 5) is 11.5. The van der Waals surface area contributed by atoms with Crippen molar-refractivity contribution in [1.82, 2.24) is 0 Å². The number of hydrogen-bond donors (Lipinski definition) is 0. The van der Waals surface area contributed by atoms with Crippen LogP contribution in [0.25, 0.3) is 0 Å². The number of carbonyl (C=O) groups is 1. The van der Waals surface area contributed by atoms with Crippen molar-refractivity contribution in [3.63, 3.8) is 0 Å². The minimum atomic E-state index is -0.258. The van der Waals surface area contributed by atoms with Crippen molar-refractivity contribution >= 4 is 5.97 Å². The molecule has 4 heteroatoms. The predicted molar refractivity (Wildman–Crippen MR) is 90.5 cm³/mol. The van der Waals surface area contributed by atoms with E-state index >= 15 is 0 Å². The Labute approximate surface area is 139 Å². The van der Waals surface area contributed by atoms with Crippen molar-refractivity contribution in [2.24, 2.45) is 0 Å². The van der Waals surface area contributed by atoms with Crippen LogP contribution in [0.1, 0.15) is 12.5 Å². The fourth-order valence-corrected chi connectivity index (χ4v) is 3.94. The lowest BCUT2D eigenvalue weighted by Gasteiger charge is -2.55. The molecule has 124 valence electrons. The normalized spacial score (nSPS) is 29.3. The lowest BCUT2D eigenvalue weighted by atomic mass is 10.0. The molecule has 0 aromatic heterocycles. The Kier molecular flexibility index (Phi) is 4.55. The van der Waals surface area contributed by atoms with Crippen LogP contribution in [0.15, 0.2) is 42.5 Å². The minimum absolute atomic E-state index is 0.258. The van der Waals surface area contributed by atoms with Crippen LogP contribution in [0.2, 0.25) is 0 Å². The Balaban J connectivity index is 1.53. The van der Waals surface area contributed by atoms with Crippen LogP contribution < -0.4 is 0 Å². The quantitative estimate of drug-likeness (QED) is 0.456. The zero-order valence-corrected chi connectivity index (χ0v) is 14.2. The lowest BCUT2D eigenvalue weighted by molar-refractivity contribution is -1.09. The van der Waals surface area contributed by atoms with E-state index in [0.29, 0.717) is 12.2 Å². The molecular formula is C19H28N2O2+2. The zero-order valence-electron chi connectivity index (χ0n) is 14.2. The first kappa shape index (κ1) is 16.2. The standard InChI is InChI=1S/C19H28N2O2/c1-17(2)19(22)23-15-14-20-8-11-21(12-9-20,13-10-20)16-18-6-4-3-5-7-18/h3-7H,1,8-16H2,2H3/q+2. The van der Waals surface area contributed by atoms with Gasteiger partial charge in [0.2, 0.25) is 0 Å². The SMILES string of the molecule is C=C(C)C(=O)OCC[N+]12CC[N+](Cc3ccccc3)(CC1)CC2. The molecule has 3 fully saturated rings. The second-order valence-electron chi connectivity index (χ2n) is 7.31. The number of esters is 1. The van der Waals surface area contributed by atoms with Gasteiger partial charge in [-0.15, -0.1) is 0 Å². The van der Waals surface area contributed by atoms with Gasteiger partial charge >= 0.3 is 5.97 Å². The lowest BCUT2D eigenvalue weighted by Crippen LogP contribution is -2.75. The molecule has 3 saturated heterocycles. The summed E-state index contributed by atoms with van der Waals surface area (Å²) in [5, 5.41) is 0. The Morgan fingerprint density at radius 1 is 1.04 bits per heavy atom. The summed E-state index contributed by atoms with van der Waals surface area (Å²) in [6, 6.07) is 10.9. The highest BCUT2D eigenvalue weighted by Crippen LogP contribution is 2.28. The molecule has 3 aliphatic rings. The van der Waals surface area contributed by atoms with Crippen LogP contribution in [0.5, 0.6) is 0 Å². The van der Waals surface area contributed by atoms with Crippen molar-refractivity contribution in [3.8, 4) is 0 Å². The molecular weight excluding hydrogens is 288 g/mol. The smallest absolute Gasteiger partial charge is 0.333 e. The fraction of sp³-hybridized carbons (Fsp3) is 0.526. The van der Waals surface area contributed by atoms with E-state index in [9.17, 15) is 4.79 Å². The number of carbonyl (C=O) groups excluding carboxylic acids is 1. The van der Waals surface area contributed by atoms with Crippen molar-refractivity contribution in [3.05, 3.63) is 48.0 Å². The molecule has 0 saturated carbocycles. The average molecular weight is 316 g/mol. The van der Waals surface area contributed by atoms with Crippen molar-refractivity contribution in [2.45, 2.75) is 13.5 Å². The third kappa shape index (κ3) is 3.65. The molecule has 3 aliphatic heterocycles. The van der Waals surface area contributed by atoms with Crippen LogP contribution >= 0.6 is 0 Å². The minimum Gasteiger partial charge on any atom is -0.456 e. The molecule has 4 nitrogen and oxygen atoms in total. The molecule has 4 rings (SSSR count). The average Bonchev–Trinajstić information content (AvgIpc) is 2.57. The molecule has 0 atom stereocenters. The van der Waals surface area contributed by atoms with Crippen LogP contribution in [0.4, 0.5) is 0 Å². The molecule has 2 bridgehead atoms. The fourth-order valence-electron chi connectivity index (χ4n) is 3.94. The monoisotopic (exact) mass is 316 g/mol. The van der Waals surface area contributed by atoms with E-state index in [1.165, 1.54) is 49.3 Å². The maximum Gasteiger partial charge on any atom is 0.333 e. The van der Waals surface area contributed by atoms with Crippen LogP contribution in [-0.4, -0.2) is 67.4 Å². The molecule has 0 radical (unpaired) electrons. The first-order valence-corrected chi connectivity index (χ1v) is 8.59. The number of fused-ring (bicyclic) bond motifs is 3. The molecule has 0 amide bonds. The van der Waals surface area contributed by atoms with Crippen LogP contribution in [-0.2, 0) is 16.1 Å². The second kappa shape index (κ2) is 6.46. The first-order chi connectivity index (χ1) is 11.0. The van der Waals surface area contributed by atoms with E-state index in [-0.39, 0.29) is 5.97 Å². The molecule has 1 aromatic carbocycles. The van der Waals surface area contributed by atoms with Crippen LogP contribution in [0, 0.1) is 0 Å². The van der Waals surface area contributed by atoms with E-state index in [2.05, 4.69) is 36.9 Å². The Morgan fingerprint density at radius 2 is 1.61 bits per heavy atom. The van der Waals surface area contributed by atoms with Gasteiger partial charge in [0.05, 0.1) is 0 Å². The van der Waals surface area contributed by atoms with Gasteiger partial charge in [-0.2, -0.15) is 0 Å². The highest BCUT2D eigenvalue weighted by Gasteiger charge is 2.48. The first-order valence-electron chi connectivity index (χ1n) is 8.59. The van der Waals surface area contributed by atoms with E-state index in [1.807, 2.05) is 0 Å². The molecule has 0 N–H and O–H groups in total. The van der Waals surface area contributed by atoms with Gasteiger partial charge in [-0.05, 0) is 6.92 Å². The Bertz CT molecular complexity index is 558. The molecule has 3 heterocycles. The Morgan fingerprint density at radius 3 is 2.17 bits per heavy atom. The summed E-state index contributed by atoms with van der Waals surface area (Å²) in [6.45, 7) is 15.3. The van der Waals surface area contributed by atoms with E-state index in [0.717, 1.165) is 17.6 Å². The van der Waals surface area contributed by atoms with Crippen molar-refractivity contribution in [2.75, 3.05) is 52.4 Å². The maximum atomic E-state index is 11.5. The van der Waals surface area contributed by atoms with Crippen molar-refractivity contribution < 1.29 is 18.5 Å². The number of rotatable bonds is 6. The number of benzene rings is 1. The van der Waals surface area contributed by atoms with E-state index in [1.54, 1.807) is 6.92 Å². The zero-order chi connectivity index (χ0) is 16.3. The summed E-state index contributed by atoms with van der Waals surface area (Å²) in [5.74, 6) is -0.258. The highest BCUT2D eigenvalue weighted by molar-refractivity contribution is 5.86. The third-order valence-electron chi connectivity index (χ3n) is 5.65. The summed E-state index contributed by atoms with van der Waals surface area (Å²) < 4.78 is 7.67.